The van der Waals surface area contributed by atoms with Crippen molar-refractivity contribution in [3.05, 3.63) is 108 Å². The van der Waals surface area contributed by atoms with Gasteiger partial charge in [0, 0.05) is 25.0 Å². The van der Waals surface area contributed by atoms with Crippen LogP contribution in [-0.2, 0) is 6.61 Å². The normalized spacial score (nSPS) is 10.9. The summed E-state index contributed by atoms with van der Waals surface area (Å²) >= 11 is 0. The van der Waals surface area contributed by atoms with Gasteiger partial charge in [0.05, 0.1) is 11.4 Å². The minimum Gasteiger partial charge on any atom is -0.485 e. The van der Waals surface area contributed by atoms with E-state index < -0.39 is 0 Å². The maximum absolute atomic E-state index is 13.2. The van der Waals surface area contributed by atoms with Crippen LogP contribution in [0.25, 0.3) is 28.0 Å². The van der Waals surface area contributed by atoms with Gasteiger partial charge in [0.15, 0.2) is 11.4 Å². The summed E-state index contributed by atoms with van der Waals surface area (Å²) in [5, 5.41) is 2.58. The van der Waals surface area contributed by atoms with Crippen molar-refractivity contribution in [2.75, 3.05) is 7.05 Å². The van der Waals surface area contributed by atoms with Crippen molar-refractivity contribution < 1.29 is 13.9 Å². The number of imidazole rings is 1. The molecule has 5 rings (SSSR count). The summed E-state index contributed by atoms with van der Waals surface area (Å²) in [4.78, 5) is 20.8. The van der Waals surface area contributed by atoms with Crippen LogP contribution in [0.5, 0.6) is 5.75 Å². The maximum atomic E-state index is 13.2. The average molecular weight is 467 g/mol. The second-order valence-electron chi connectivity index (χ2n) is 8.12. The summed E-state index contributed by atoms with van der Waals surface area (Å²) in [5.74, 6) is 0.190. The van der Waals surface area contributed by atoms with E-state index in [0.29, 0.717) is 23.7 Å². The second-order valence-corrected chi connectivity index (χ2v) is 8.12. The Morgan fingerprint density at radius 1 is 0.971 bits per heavy atom. The fourth-order valence-corrected chi connectivity index (χ4v) is 4.01. The molecule has 0 aliphatic carbocycles. The highest BCUT2D eigenvalue weighted by Crippen LogP contribution is 2.29. The quantitative estimate of drug-likeness (QED) is 0.361. The lowest BCUT2D eigenvalue weighted by Gasteiger charge is -2.09. The van der Waals surface area contributed by atoms with Crippen LogP contribution in [0.2, 0.25) is 0 Å². The van der Waals surface area contributed by atoms with Crippen molar-refractivity contribution in [2.24, 2.45) is 0 Å². The molecule has 35 heavy (non-hydrogen) atoms. The number of carbonyl (C=O) groups is 1. The zero-order valence-electron chi connectivity index (χ0n) is 19.3. The van der Waals surface area contributed by atoms with Gasteiger partial charge < -0.3 is 10.1 Å². The number of aromatic nitrogens is 3. The van der Waals surface area contributed by atoms with E-state index in [-0.39, 0.29) is 11.7 Å². The van der Waals surface area contributed by atoms with Crippen molar-refractivity contribution in [3.8, 4) is 28.1 Å². The van der Waals surface area contributed by atoms with Crippen LogP contribution in [0.4, 0.5) is 4.39 Å². The van der Waals surface area contributed by atoms with E-state index in [4.69, 9.17) is 9.72 Å². The van der Waals surface area contributed by atoms with Crippen molar-refractivity contribution in [2.45, 2.75) is 13.5 Å². The van der Waals surface area contributed by atoms with E-state index in [0.717, 1.165) is 33.6 Å². The van der Waals surface area contributed by atoms with Crippen molar-refractivity contribution >= 4 is 11.6 Å². The Morgan fingerprint density at radius 2 is 1.66 bits per heavy atom. The second kappa shape index (κ2) is 9.38. The van der Waals surface area contributed by atoms with Crippen LogP contribution in [-0.4, -0.2) is 27.3 Å². The van der Waals surface area contributed by atoms with E-state index in [9.17, 15) is 9.18 Å². The Hall–Kier alpha value is -4.52. The Morgan fingerprint density at radius 3 is 2.31 bits per heavy atom. The predicted octanol–water partition coefficient (Wildman–Crippen LogP) is 5.45. The van der Waals surface area contributed by atoms with E-state index in [1.54, 1.807) is 31.4 Å². The number of pyridine rings is 2. The van der Waals surface area contributed by atoms with Crippen LogP contribution in [0, 0.1) is 12.7 Å². The molecule has 0 saturated carbocycles. The standard InChI is InChI=1S/C28H23FN4O2/c1-18-26(22-11-14-24(31-16-22)28(34)30-2)33-15-3-4-25(27(33)32-18)35-17-19-5-7-20(8-6-19)21-9-12-23(29)13-10-21/h3-16H,17H2,1-2H3,(H,30,34). The number of ether oxygens (including phenoxy) is 1. The SMILES string of the molecule is CNC(=O)c1ccc(-c2c(C)nc3c(OCc4ccc(-c5ccc(F)cc5)cc4)cccn23)cn1. The van der Waals surface area contributed by atoms with Gasteiger partial charge in [-0.25, -0.2) is 9.37 Å². The predicted molar refractivity (Wildman–Crippen MR) is 133 cm³/mol. The van der Waals surface area contributed by atoms with Gasteiger partial charge in [-0.05, 0) is 60.0 Å². The zero-order chi connectivity index (χ0) is 24.4. The molecule has 5 aromatic rings. The number of amides is 1. The minimum atomic E-state index is -0.248. The summed E-state index contributed by atoms with van der Waals surface area (Å²) in [6.45, 7) is 2.32. The number of hydrogen-bond acceptors (Lipinski definition) is 4. The molecule has 7 heteroatoms. The highest BCUT2D eigenvalue weighted by atomic mass is 19.1. The first-order chi connectivity index (χ1) is 17.0. The number of halogens is 1. The number of hydrogen-bond donors (Lipinski definition) is 1. The number of fused-ring (bicyclic) bond motifs is 1. The summed E-state index contributed by atoms with van der Waals surface area (Å²) < 4.78 is 21.3. The smallest absolute Gasteiger partial charge is 0.269 e. The van der Waals surface area contributed by atoms with E-state index in [2.05, 4.69) is 10.3 Å². The molecule has 3 heterocycles. The molecule has 0 fully saturated rings. The van der Waals surface area contributed by atoms with Crippen LogP contribution in [0.1, 0.15) is 21.7 Å². The highest BCUT2D eigenvalue weighted by Gasteiger charge is 2.15. The molecule has 3 aromatic heterocycles. The highest BCUT2D eigenvalue weighted by molar-refractivity contribution is 5.92. The summed E-state index contributed by atoms with van der Waals surface area (Å²) in [6.07, 6.45) is 3.61. The van der Waals surface area contributed by atoms with Gasteiger partial charge in [-0.3, -0.25) is 14.2 Å². The van der Waals surface area contributed by atoms with Gasteiger partial charge in [0.25, 0.3) is 5.91 Å². The van der Waals surface area contributed by atoms with Gasteiger partial charge in [0.2, 0.25) is 0 Å². The Kier molecular flexibility index (Phi) is 5.97. The fourth-order valence-electron chi connectivity index (χ4n) is 4.01. The lowest BCUT2D eigenvalue weighted by molar-refractivity contribution is 0.0958. The summed E-state index contributed by atoms with van der Waals surface area (Å²) in [6, 6.07) is 21.8. The molecule has 0 atom stereocenters. The Balaban J connectivity index is 1.37. The molecule has 0 saturated heterocycles. The number of nitrogens with zero attached hydrogens (tertiary/aromatic N) is 3. The van der Waals surface area contributed by atoms with Crippen molar-refractivity contribution in [1.29, 1.82) is 0 Å². The van der Waals surface area contributed by atoms with E-state index >= 15 is 0 Å². The molecule has 6 nitrogen and oxygen atoms in total. The molecule has 2 aromatic carbocycles. The third-order valence-electron chi connectivity index (χ3n) is 5.81. The number of carbonyl (C=O) groups excluding carboxylic acids is 1. The molecule has 0 radical (unpaired) electrons. The maximum Gasteiger partial charge on any atom is 0.269 e. The fraction of sp³-hybridized carbons (Fsp3) is 0.107. The number of benzene rings is 2. The van der Waals surface area contributed by atoms with Gasteiger partial charge >= 0.3 is 0 Å². The first-order valence-electron chi connectivity index (χ1n) is 11.2. The van der Waals surface area contributed by atoms with Crippen LogP contribution < -0.4 is 10.1 Å². The number of nitrogens with one attached hydrogen (secondary N) is 1. The largest absolute Gasteiger partial charge is 0.485 e. The molecule has 1 amide bonds. The molecule has 0 bridgehead atoms. The zero-order valence-corrected chi connectivity index (χ0v) is 19.3. The monoisotopic (exact) mass is 466 g/mol. The van der Waals surface area contributed by atoms with E-state index in [1.807, 2.05) is 60.0 Å². The third kappa shape index (κ3) is 4.48. The van der Waals surface area contributed by atoms with Gasteiger partial charge in [0.1, 0.15) is 18.1 Å². The van der Waals surface area contributed by atoms with Gasteiger partial charge in [-0.15, -0.1) is 0 Å². The molecule has 1 N–H and O–H groups in total. The first kappa shape index (κ1) is 22.3. The minimum absolute atomic E-state index is 0.229. The average Bonchev–Trinajstić information content (AvgIpc) is 3.24. The lowest BCUT2D eigenvalue weighted by Crippen LogP contribution is -2.18. The summed E-state index contributed by atoms with van der Waals surface area (Å²) in [5.41, 5.74) is 6.63. The molecule has 0 spiro atoms. The Labute approximate surface area is 202 Å². The molecule has 0 aliphatic heterocycles. The van der Waals surface area contributed by atoms with Gasteiger partial charge in [-0.2, -0.15) is 0 Å². The molecule has 0 unspecified atom stereocenters. The van der Waals surface area contributed by atoms with E-state index in [1.165, 1.54) is 12.1 Å². The molecule has 174 valence electrons. The van der Waals surface area contributed by atoms with Crippen LogP contribution >= 0.6 is 0 Å². The van der Waals surface area contributed by atoms with Gasteiger partial charge in [-0.1, -0.05) is 36.4 Å². The summed E-state index contributed by atoms with van der Waals surface area (Å²) in [7, 11) is 1.58. The van der Waals surface area contributed by atoms with Crippen molar-refractivity contribution in [1.82, 2.24) is 19.7 Å². The molecular formula is C28H23FN4O2. The topological polar surface area (TPSA) is 68.5 Å². The van der Waals surface area contributed by atoms with Crippen LogP contribution in [0.15, 0.2) is 85.2 Å². The lowest BCUT2D eigenvalue weighted by atomic mass is 10.0. The number of rotatable bonds is 6. The van der Waals surface area contributed by atoms with Crippen LogP contribution in [0.3, 0.4) is 0 Å². The molecule has 0 aliphatic rings. The third-order valence-corrected chi connectivity index (χ3v) is 5.81. The molecular weight excluding hydrogens is 443 g/mol. The Bertz CT molecular complexity index is 1490. The first-order valence-corrected chi connectivity index (χ1v) is 11.2. The number of aryl methyl sites for hydroxylation is 1. The van der Waals surface area contributed by atoms with Crippen molar-refractivity contribution in [3.63, 3.8) is 0 Å².